The maximum Gasteiger partial charge on any atom is 0.471 e. The molecule has 0 bridgehead atoms. The van der Waals surface area contributed by atoms with E-state index in [2.05, 4.69) is 0 Å². The van der Waals surface area contributed by atoms with Gasteiger partial charge in [-0.25, -0.2) is 0 Å². The highest BCUT2D eigenvalue weighted by Crippen LogP contribution is 2.26. The molecule has 30 heavy (non-hydrogen) atoms. The van der Waals surface area contributed by atoms with Crippen LogP contribution >= 0.6 is 0 Å². The molecule has 1 aromatic carbocycles. The third kappa shape index (κ3) is 4.17. The van der Waals surface area contributed by atoms with E-state index >= 15 is 0 Å². The first-order valence-electron chi connectivity index (χ1n) is 9.66. The molecule has 162 valence electrons. The molecule has 0 aliphatic carbocycles. The van der Waals surface area contributed by atoms with E-state index < -0.39 is 29.8 Å². The Kier molecular flexibility index (Phi) is 5.87. The molecule has 0 N–H and O–H groups in total. The first-order chi connectivity index (χ1) is 14.0. The molecule has 2 aliphatic heterocycles. The van der Waals surface area contributed by atoms with E-state index in [1.165, 1.54) is 23.1 Å². The summed E-state index contributed by atoms with van der Waals surface area (Å²) in [5, 5.41) is 0. The zero-order valence-electron chi connectivity index (χ0n) is 16.7. The normalized spacial score (nSPS) is 17.5. The number of hydrogen-bond donors (Lipinski definition) is 0. The van der Waals surface area contributed by atoms with E-state index in [1.54, 1.807) is 0 Å². The number of amides is 4. The molecule has 0 spiro atoms. The molecule has 0 aromatic heterocycles. The number of alkyl halides is 3. The molecule has 1 aromatic rings. The van der Waals surface area contributed by atoms with Gasteiger partial charge in [0.15, 0.2) is 0 Å². The Morgan fingerprint density at radius 3 is 2.20 bits per heavy atom. The Morgan fingerprint density at radius 1 is 0.967 bits per heavy atom. The predicted molar refractivity (Wildman–Crippen MR) is 99.8 cm³/mol. The van der Waals surface area contributed by atoms with Gasteiger partial charge in [0.25, 0.3) is 17.7 Å². The van der Waals surface area contributed by atoms with Gasteiger partial charge in [-0.3, -0.25) is 24.1 Å². The summed E-state index contributed by atoms with van der Waals surface area (Å²) in [7, 11) is 0. The number of carbonyl (C=O) groups excluding carboxylic acids is 4. The van der Waals surface area contributed by atoms with E-state index in [1.807, 2.05) is 13.8 Å². The number of rotatable bonds is 3. The van der Waals surface area contributed by atoms with Crippen molar-refractivity contribution in [3.63, 3.8) is 0 Å². The number of nitrogens with zero attached hydrogens (tertiary/aromatic N) is 3. The van der Waals surface area contributed by atoms with Gasteiger partial charge in [-0.15, -0.1) is 0 Å². The Hall–Kier alpha value is -2.91. The highest BCUT2D eigenvalue weighted by atomic mass is 19.4. The number of imide groups is 1. The zero-order chi connectivity index (χ0) is 22.2. The number of carbonyl (C=O) groups is 4. The van der Waals surface area contributed by atoms with Gasteiger partial charge in [0, 0.05) is 38.3 Å². The smallest absolute Gasteiger partial charge is 0.337 e. The molecule has 0 saturated carbocycles. The van der Waals surface area contributed by atoms with Crippen LogP contribution in [0.25, 0.3) is 0 Å². The minimum absolute atomic E-state index is 0.0515. The monoisotopic (exact) mass is 425 g/mol. The summed E-state index contributed by atoms with van der Waals surface area (Å²) in [4.78, 5) is 52.5. The third-order valence-electron chi connectivity index (χ3n) is 5.08. The second kappa shape index (κ2) is 8.08. The van der Waals surface area contributed by atoms with Gasteiger partial charge >= 0.3 is 12.1 Å². The van der Waals surface area contributed by atoms with Crippen molar-refractivity contribution < 1.29 is 32.3 Å². The molecule has 7 nitrogen and oxygen atoms in total. The lowest BCUT2D eigenvalue weighted by Crippen LogP contribution is -2.43. The van der Waals surface area contributed by atoms with Crippen molar-refractivity contribution in [1.29, 1.82) is 0 Å². The van der Waals surface area contributed by atoms with Gasteiger partial charge in [0.1, 0.15) is 0 Å². The average Bonchev–Trinajstić information content (AvgIpc) is 2.86. The van der Waals surface area contributed by atoms with Gasteiger partial charge in [-0.2, -0.15) is 13.2 Å². The van der Waals surface area contributed by atoms with Gasteiger partial charge < -0.3 is 9.80 Å². The van der Waals surface area contributed by atoms with Crippen LogP contribution in [0.4, 0.5) is 13.2 Å². The van der Waals surface area contributed by atoms with Crippen molar-refractivity contribution in [2.45, 2.75) is 26.4 Å². The van der Waals surface area contributed by atoms with E-state index in [9.17, 15) is 32.3 Å². The standard InChI is InChI=1S/C20H22F3N3O4/c1-12(2)11-26-17(28)14-5-4-13(10-15(14)18(26)29)16(27)24-6-3-7-25(9-8-24)19(30)20(21,22)23/h4-5,10,12H,3,6-9,11H2,1-2H3. The van der Waals surface area contributed by atoms with Crippen molar-refractivity contribution in [2.75, 3.05) is 32.7 Å². The van der Waals surface area contributed by atoms with Crippen LogP contribution in [0.5, 0.6) is 0 Å². The summed E-state index contributed by atoms with van der Waals surface area (Å²) in [6.45, 7) is 3.84. The van der Waals surface area contributed by atoms with Crippen LogP contribution in [-0.4, -0.2) is 77.2 Å². The zero-order valence-corrected chi connectivity index (χ0v) is 16.7. The lowest BCUT2D eigenvalue weighted by Gasteiger charge is -2.23. The summed E-state index contributed by atoms with van der Waals surface area (Å²) in [6.07, 6.45) is -4.74. The van der Waals surface area contributed by atoms with Gasteiger partial charge in [0.2, 0.25) is 0 Å². The lowest BCUT2D eigenvalue weighted by molar-refractivity contribution is -0.185. The molecule has 2 aliphatic rings. The maximum atomic E-state index is 12.9. The van der Waals surface area contributed by atoms with Crippen LogP contribution in [0.3, 0.4) is 0 Å². The van der Waals surface area contributed by atoms with Crippen LogP contribution in [0.15, 0.2) is 18.2 Å². The van der Waals surface area contributed by atoms with E-state index in [-0.39, 0.29) is 61.8 Å². The average molecular weight is 425 g/mol. The van der Waals surface area contributed by atoms with E-state index in [0.717, 1.165) is 4.90 Å². The first-order valence-corrected chi connectivity index (χ1v) is 9.66. The van der Waals surface area contributed by atoms with Crippen molar-refractivity contribution in [1.82, 2.24) is 14.7 Å². The summed E-state index contributed by atoms with van der Waals surface area (Å²) in [5.74, 6) is -3.15. The van der Waals surface area contributed by atoms with Crippen molar-refractivity contribution >= 4 is 23.6 Å². The van der Waals surface area contributed by atoms with Crippen LogP contribution < -0.4 is 0 Å². The molecule has 10 heteroatoms. The minimum Gasteiger partial charge on any atom is -0.337 e. The molecular formula is C20H22F3N3O4. The van der Waals surface area contributed by atoms with Crippen LogP contribution in [-0.2, 0) is 4.79 Å². The van der Waals surface area contributed by atoms with Gasteiger partial charge in [-0.05, 0) is 30.5 Å². The number of benzene rings is 1. The van der Waals surface area contributed by atoms with Crippen molar-refractivity contribution in [3.8, 4) is 0 Å². The van der Waals surface area contributed by atoms with E-state index in [4.69, 9.17) is 0 Å². The number of halogens is 3. The largest absolute Gasteiger partial charge is 0.471 e. The molecule has 0 atom stereocenters. The Labute approximate surface area is 171 Å². The molecule has 0 unspecified atom stereocenters. The molecule has 3 rings (SSSR count). The second-order valence-electron chi connectivity index (χ2n) is 7.81. The highest BCUT2D eigenvalue weighted by Gasteiger charge is 2.43. The molecule has 2 heterocycles. The Bertz CT molecular complexity index is 898. The maximum absolute atomic E-state index is 12.9. The molecular weight excluding hydrogens is 403 g/mol. The summed E-state index contributed by atoms with van der Waals surface area (Å²) in [6, 6.07) is 4.23. The van der Waals surface area contributed by atoms with Crippen LogP contribution in [0, 0.1) is 5.92 Å². The summed E-state index contributed by atoms with van der Waals surface area (Å²) < 4.78 is 38.0. The summed E-state index contributed by atoms with van der Waals surface area (Å²) in [5.41, 5.74) is 0.558. The van der Waals surface area contributed by atoms with Crippen LogP contribution in [0.2, 0.25) is 0 Å². The minimum atomic E-state index is -4.95. The SMILES string of the molecule is CC(C)CN1C(=O)c2ccc(C(=O)N3CCCN(C(=O)C(F)(F)F)CC3)cc2C1=O. The van der Waals surface area contributed by atoms with Crippen LogP contribution in [0.1, 0.15) is 51.3 Å². The first kappa shape index (κ1) is 21.8. The van der Waals surface area contributed by atoms with Gasteiger partial charge in [-0.1, -0.05) is 13.8 Å². The fourth-order valence-corrected chi connectivity index (χ4v) is 3.64. The third-order valence-corrected chi connectivity index (χ3v) is 5.08. The number of hydrogen-bond acceptors (Lipinski definition) is 4. The highest BCUT2D eigenvalue weighted by molar-refractivity contribution is 6.22. The Morgan fingerprint density at radius 2 is 1.57 bits per heavy atom. The van der Waals surface area contributed by atoms with Crippen molar-refractivity contribution in [2.24, 2.45) is 5.92 Å². The lowest BCUT2D eigenvalue weighted by atomic mass is 10.0. The van der Waals surface area contributed by atoms with Gasteiger partial charge in [0.05, 0.1) is 11.1 Å². The Balaban J connectivity index is 1.75. The molecule has 1 saturated heterocycles. The molecule has 0 radical (unpaired) electrons. The molecule has 4 amide bonds. The quantitative estimate of drug-likeness (QED) is 0.696. The fraction of sp³-hybridized carbons (Fsp3) is 0.500. The van der Waals surface area contributed by atoms with E-state index in [0.29, 0.717) is 4.90 Å². The number of fused-ring (bicyclic) bond motifs is 1. The van der Waals surface area contributed by atoms with Crippen molar-refractivity contribution in [3.05, 3.63) is 34.9 Å². The fourth-order valence-electron chi connectivity index (χ4n) is 3.64. The summed E-state index contributed by atoms with van der Waals surface area (Å²) >= 11 is 0. The topological polar surface area (TPSA) is 78.0 Å². The molecule has 1 fully saturated rings. The predicted octanol–water partition coefficient (Wildman–Crippen LogP) is 2.18. The second-order valence-corrected chi connectivity index (χ2v) is 7.81.